The van der Waals surface area contributed by atoms with Crippen molar-refractivity contribution in [2.45, 2.75) is 24.2 Å². The lowest BCUT2D eigenvalue weighted by atomic mass is 10.1. The number of aryl methyl sites for hydroxylation is 2. The van der Waals surface area contributed by atoms with E-state index < -0.39 is 14.9 Å². The van der Waals surface area contributed by atoms with Gasteiger partial charge in [-0.3, -0.25) is 10.1 Å². The van der Waals surface area contributed by atoms with Crippen molar-refractivity contribution < 1.29 is 13.3 Å². The predicted octanol–water partition coefficient (Wildman–Crippen LogP) is 1.38. The highest BCUT2D eigenvalue weighted by atomic mass is 32.2. The number of anilines is 1. The highest BCUT2D eigenvalue weighted by Crippen LogP contribution is 2.27. The van der Waals surface area contributed by atoms with E-state index in [1.807, 2.05) is 17.0 Å². The van der Waals surface area contributed by atoms with Gasteiger partial charge in [-0.15, -0.1) is 0 Å². The van der Waals surface area contributed by atoms with Gasteiger partial charge < -0.3 is 4.90 Å². The molecular formula is C17H19N5O4S. The Labute approximate surface area is 156 Å². The molecule has 1 aliphatic heterocycles. The number of aromatic nitrogens is 2. The van der Waals surface area contributed by atoms with Gasteiger partial charge in [0.1, 0.15) is 12.4 Å². The molecule has 0 N–H and O–H groups in total. The Morgan fingerprint density at radius 3 is 2.33 bits per heavy atom. The fourth-order valence-electron chi connectivity index (χ4n) is 3.56. The molecule has 0 unspecified atom stereocenters. The SMILES string of the molecule is O=[N+]([O-])c1cnc(N2CCN(S(=O)(=O)c3ccc4c(c3)CCC4)CC2)nc1. The van der Waals surface area contributed by atoms with Crippen LogP contribution in [0.1, 0.15) is 17.5 Å². The van der Waals surface area contributed by atoms with E-state index in [-0.39, 0.29) is 5.69 Å². The normalized spacial score (nSPS) is 17.7. The van der Waals surface area contributed by atoms with Crippen molar-refractivity contribution in [2.75, 3.05) is 31.1 Å². The summed E-state index contributed by atoms with van der Waals surface area (Å²) in [6.45, 7) is 1.50. The topological polar surface area (TPSA) is 110 Å². The Morgan fingerprint density at radius 1 is 1.00 bits per heavy atom. The minimum absolute atomic E-state index is 0.170. The summed E-state index contributed by atoms with van der Waals surface area (Å²) in [5.74, 6) is 0.371. The highest BCUT2D eigenvalue weighted by Gasteiger charge is 2.30. The predicted molar refractivity (Wildman–Crippen MR) is 98.1 cm³/mol. The van der Waals surface area contributed by atoms with Gasteiger partial charge in [0.2, 0.25) is 16.0 Å². The second kappa shape index (κ2) is 6.86. The van der Waals surface area contributed by atoms with Crippen LogP contribution in [0.3, 0.4) is 0 Å². The van der Waals surface area contributed by atoms with Gasteiger partial charge in [-0.2, -0.15) is 4.31 Å². The molecule has 0 atom stereocenters. The largest absolute Gasteiger partial charge is 0.338 e. The average molecular weight is 389 g/mol. The molecule has 0 bridgehead atoms. The van der Waals surface area contributed by atoms with E-state index in [1.165, 1.54) is 9.87 Å². The summed E-state index contributed by atoms with van der Waals surface area (Å²) in [6, 6.07) is 5.44. The number of nitrogens with zero attached hydrogens (tertiary/aromatic N) is 5. The van der Waals surface area contributed by atoms with E-state index in [4.69, 9.17) is 0 Å². The first-order valence-corrected chi connectivity index (χ1v) is 10.2. The van der Waals surface area contributed by atoms with Crippen molar-refractivity contribution in [3.63, 3.8) is 0 Å². The van der Waals surface area contributed by atoms with Crippen molar-refractivity contribution in [2.24, 2.45) is 0 Å². The molecule has 0 spiro atoms. The quantitative estimate of drug-likeness (QED) is 0.574. The third kappa shape index (κ3) is 3.37. The van der Waals surface area contributed by atoms with Crippen molar-refractivity contribution in [3.8, 4) is 0 Å². The first kappa shape index (κ1) is 17.8. The summed E-state index contributed by atoms with van der Waals surface area (Å²) < 4.78 is 27.4. The average Bonchev–Trinajstić information content (AvgIpc) is 3.16. The molecule has 0 saturated carbocycles. The van der Waals surface area contributed by atoms with Crippen LogP contribution in [-0.4, -0.2) is 53.8 Å². The van der Waals surface area contributed by atoms with Crippen LogP contribution in [-0.2, 0) is 22.9 Å². The van der Waals surface area contributed by atoms with Gasteiger partial charge in [0.25, 0.3) is 0 Å². The maximum Gasteiger partial charge on any atom is 0.305 e. The highest BCUT2D eigenvalue weighted by molar-refractivity contribution is 7.89. The van der Waals surface area contributed by atoms with E-state index in [0.717, 1.165) is 37.2 Å². The molecule has 2 heterocycles. The number of hydrogen-bond donors (Lipinski definition) is 0. The zero-order valence-corrected chi connectivity index (χ0v) is 15.4. The van der Waals surface area contributed by atoms with Crippen molar-refractivity contribution in [3.05, 3.63) is 51.8 Å². The molecule has 9 nitrogen and oxygen atoms in total. The first-order valence-electron chi connectivity index (χ1n) is 8.78. The molecule has 2 aromatic rings. The molecule has 1 aromatic carbocycles. The van der Waals surface area contributed by atoms with E-state index in [2.05, 4.69) is 9.97 Å². The summed E-state index contributed by atoms with van der Waals surface area (Å²) in [5, 5.41) is 10.7. The third-order valence-corrected chi connectivity index (χ3v) is 6.96. The molecule has 10 heteroatoms. The lowest BCUT2D eigenvalue weighted by Crippen LogP contribution is -2.49. The first-order chi connectivity index (χ1) is 12.9. The van der Waals surface area contributed by atoms with Crippen LogP contribution < -0.4 is 4.90 Å². The maximum absolute atomic E-state index is 13.0. The number of benzene rings is 1. The van der Waals surface area contributed by atoms with E-state index in [0.29, 0.717) is 37.0 Å². The summed E-state index contributed by atoms with van der Waals surface area (Å²) in [4.78, 5) is 20.3. The second-order valence-electron chi connectivity index (χ2n) is 6.67. The summed E-state index contributed by atoms with van der Waals surface area (Å²) in [6.07, 6.45) is 5.35. The van der Waals surface area contributed by atoms with E-state index in [9.17, 15) is 18.5 Å². The number of rotatable bonds is 4. The maximum atomic E-state index is 13.0. The molecule has 27 heavy (non-hydrogen) atoms. The van der Waals surface area contributed by atoms with E-state index >= 15 is 0 Å². The Balaban J connectivity index is 1.46. The molecule has 1 saturated heterocycles. The Bertz CT molecular complexity index is 969. The lowest BCUT2D eigenvalue weighted by Gasteiger charge is -2.33. The standard InChI is InChI=1S/C17H19N5O4S/c23-22(24)15-11-18-17(19-12-15)20-6-8-21(9-7-20)27(25,26)16-5-4-13-2-1-3-14(13)10-16/h4-5,10-12H,1-3,6-9H2. The van der Waals surface area contributed by atoms with Gasteiger partial charge >= 0.3 is 5.69 Å². The van der Waals surface area contributed by atoms with Gasteiger partial charge in [0, 0.05) is 26.2 Å². The van der Waals surface area contributed by atoms with Crippen molar-refractivity contribution >= 4 is 21.7 Å². The summed E-state index contributed by atoms with van der Waals surface area (Å²) in [7, 11) is -3.53. The van der Waals surface area contributed by atoms with Crippen LogP contribution in [0.5, 0.6) is 0 Å². The fourth-order valence-corrected chi connectivity index (χ4v) is 5.03. The number of fused-ring (bicyclic) bond motifs is 1. The molecule has 142 valence electrons. The van der Waals surface area contributed by atoms with Crippen molar-refractivity contribution in [1.29, 1.82) is 0 Å². The molecule has 0 radical (unpaired) electrons. The number of nitro groups is 1. The van der Waals surface area contributed by atoms with Gasteiger partial charge in [0.15, 0.2) is 0 Å². The third-order valence-electron chi connectivity index (χ3n) is 5.06. The van der Waals surface area contributed by atoms with Gasteiger partial charge in [0.05, 0.1) is 9.82 Å². The minimum atomic E-state index is -3.53. The molecule has 1 fully saturated rings. The van der Waals surface area contributed by atoms with Gasteiger partial charge in [-0.25, -0.2) is 18.4 Å². The van der Waals surface area contributed by atoms with Crippen LogP contribution in [0.25, 0.3) is 0 Å². The van der Waals surface area contributed by atoms with Crippen LogP contribution in [0, 0.1) is 10.1 Å². The minimum Gasteiger partial charge on any atom is -0.338 e. The smallest absolute Gasteiger partial charge is 0.305 e. The zero-order chi connectivity index (χ0) is 19.0. The monoisotopic (exact) mass is 389 g/mol. The Hall–Kier alpha value is -2.59. The van der Waals surface area contributed by atoms with Crippen LogP contribution in [0.2, 0.25) is 0 Å². The van der Waals surface area contributed by atoms with Crippen molar-refractivity contribution in [1.82, 2.24) is 14.3 Å². The summed E-state index contributed by atoms with van der Waals surface area (Å²) >= 11 is 0. The molecule has 1 aromatic heterocycles. The molecule has 1 aliphatic carbocycles. The zero-order valence-electron chi connectivity index (χ0n) is 14.6. The Kier molecular flexibility index (Phi) is 4.52. The second-order valence-corrected chi connectivity index (χ2v) is 8.61. The van der Waals surface area contributed by atoms with Crippen LogP contribution >= 0.6 is 0 Å². The molecule has 4 rings (SSSR count). The lowest BCUT2D eigenvalue weighted by molar-refractivity contribution is -0.385. The number of sulfonamides is 1. The van der Waals surface area contributed by atoms with E-state index in [1.54, 1.807) is 6.07 Å². The summed E-state index contributed by atoms with van der Waals surface area (Å²) in [5.41, 5.74) is 2.21. The number of hydrogen-bond acceptors (Lipinski definition) is 7. The Morgan fingerprint density at radius 2 is 1.67 bits per heavy atom. The molecule has 2 aliphatic rings. The number of piperazine rings is 1. The van der Waals surface area contributed by atoms with Gasteiger partial charge in [-0.1, -0.05) is 6.07 Å². The van der Waals surface area contributed by atoms with Gasteiger partial charge in [-0.05, 0) is 42.5 Å². The molecular weight excluding hydrogens is 370 g/mol. The van der Waals surface area contributed by atoms with Crippen LogP contribution in [0.4, 0.5) is 11.6 Å². The molecule has 0 amide bonds. The van der Waals surface area contributed by atoms with Crippen LogP contribution in [0.15, 0.2) is 35.5 Å². The fraction of sp³-hybridized carbons (Fsp3) is 0.412.